The largest absolute Gasteiger partial charge is 0.481 e. The van der Waals surface area contributed by atoms with Gasteiger partial charge in [0.2, 0.25) is 5.91 Å². The fourth-order valence-electron chi connectivity index (χ4n) is 1.04. The zero-order valence-corrected chi connectivity index (χ0v) is 9.39. The van der Waals surface area contributed by atoms with Gasteiger partial charge >= 0.3 is 5.97 Å². The van der Waals surface area contributed by atoms with Gasteiger partial charge in [-0.1, -0.05) is 0 Å². The van der Waals surface area contributed by atoms with Gasteiger partial charge < -0.3 is 10.4 Å². The van der Waals surface area contributed by atoms with Crippen molar-refractivity contribution in [2.24, 2.45) is 0 Å². The first-order chi connectivity index (χ1) is 6.56. The molecule has 0 saturated heterocycles. The van der Waals surface area contributed by atoms with Crippen LogP contribution in [0.3, 0.4) is 0 Å². The molecule has 2 N–H and O–H groups in total. The van der Waals surface area contributed by atoms with Gasteiger partial charge in [0.1, 0.15) is 0 Å². The van der Waals surface area contributed by atoms with Crippen LogP contribution in [0.25, 0.3) is 0 Å². The van der Waals surface area contributed by atoms with Crippen LogP contribution in [0.1, 0.15) is 26.2 Å². The Bertz CT molecular complexity index is 196. The summed E-state index contributed by atoms with van der Waals surface area (Å²) >= 11 is 1.67. The highest BCUT2D eigenvalue weighted by Gasteiger charge is 2.07. The first-order valence-corrected chi connectivity index (χ1v) is 5.95. The van der Waals surface area contributed by atoms with Gasteiger partial charge in [0, 0.05) is 24.6 Å². The Morgan fingerprint density at radius 2 is 2.07 bits per heavy atom. The average molecular weight is 219 g/mol. The summed E-state index contributed by atoms with van der Waals surface area (Å²) in [6, 6.07) is 0.155. The van der Waals surface area contributed by atoms with Gasteiger partial charge in [0.25, 0.3) is 0 Å². The minimum absolute atomic E-state index is 0.0598. The van der Waals surface area contributed by atoms with Crippen molar-refractivity contribution < 1.29 is 14.7 Å². The van der Waals surface area contributed by atoms with E-state index in [-0.39, 0.29) is 18.4 Å². The molecule has 5 heteroatoms. The second kappa shape index (κ2) is 7.67. The lowest BCUT2D eigenvalue weighted by molar-refractivity contribution is -0.137. The maximum absolute atomic E-state index is 11.2. The van der Waals surface area contributed by atoms with E-state index in [1.165, 1.54) is 0 Å². The molecule has 0 bridgehead atoms. The summed E-state index contributed by atoms with van der Waals surface area (Å²) in [4.78, 5) is 21.4. The first kappa shape index (κ1) is 13.3. The molecule has 0 aliphatic carbocycles. The lowest BCUT2D eigenvalue weighted by Gasteiger charge is -2.11. The summed E-state index contributed by atoms with van der Waals surface area (Å²) in [6.45, 7) is 1.94. The Morgan fingerprint density at radius 1 is 1.43 bits per heavy atom. The van der Waals surface area contributed by atoms with Crippen LogP contribution in [0.15, 0.2) is 0 Å². The van der Waals surface area contributed by atoms with Crippen LogP contribution in [0.2, 0.25) is 0 Å². The average Bonchev–Trinajstić information content (AvgIpc) is 2.03. The molecule has 0 aromatic carbocycles. The number of nitrogens with one attached hydrogen (secondary N) is 1. The van der Waals surface area contributed by atoms with Gasteiger partial charge in [-0.25, -0.2) is 0 Å². The third-order valence-corrected chi connectivity index (χ3v) is 2.45. The molecule has 1 unspecified atom stereocenters. The topological polar surface area (TPSA) is 66.4 Å². The molecule has 14 heavy (non-hydrogen) atoms. The molecule has 0 fully saturated rings. The summed E-state index contributed by atoms with van der Waals surface area (Å²) in [6.07, 6.45) is 2.75. The Kier molecular flexibility index (Phi) is 7.28. The molecule has 0 radical (unpaired) electrons. The van der Waals surface area contributed by atoms with Gasteiger partial charge in [0.15, 0.2) is 0 Å². The molecular formula is C9H17NO3S. The third kappa shape index (κ3) is 7.91. The van der Waals surface area contributed by atoms with Crippen molar-refractivity contribution in [1.82, 2.24) is 5.32 Å². The molecule has 0 aromatic heterocycles. The monoisotopic (exact) mass is 219 g/mol. The molecule has 0 saturated carbocycles. The smallest absolute Gasteiger partial charge is 0.303 e. The Labute approximate surface area is 88.4 Å². The molecule has 0 aromatic rings. The predicted molar refractivity (Wildman–Crippen MR) is 57.5 cm³/mol. The minimum Gasteiger partial charge on any atom is -0.481 e. The zero-order valence-electron chi connectivity index (χ0n) is 8.58. The van der Waals surface area contributed by atoms with Crippen molar-refractivity contribution in [2.75, 3.05) is 12.0 Å². The van der Waals surface area contributed by atoms with Crippen molar-refractivity contribution in [3.05, 3.63) is 0 Å². The predicted octanol–water partition coefficient (Wildman–Crippen LogP) is 1.11. The molecule has 0 heterocycles. The molecule has 1 atom stereocenters. The summed E-state index contributed by atoms with van der Waals surface area (Å²) < 4.78 is 0. The minimum atomic E-state index is -0.852. The highest BCUT2D eigenvalue weighted by atomic mass is 32.2. The summed E-state index contributed by atoms with van der Waals surface area (Å²) in [7, 11) is 0. The number of thioether (sulfide) groups is 1. The van der Waals surface area contributed by atoms with Crippen LogP contribution < -0.4 is 5.32 Å². The standard InChI is InChI=1S/C9H17NO3S/c1-7(6-14-2)10-8(11)4-3-5-9(12)13/h7H,3-6H2,1-2H3,(H,10,11)(H,12,13). The second-order valence-electron chi connectivity index (χ2n) is 3.17. The van der Waals surface area contributed by atoms with Crippen molar-refractivity contribution in [1.29, 1.82) is 0 Å². The number of hydrogen-bond acceptors (Lipinski definition) is 3. The molecule has 0 rings (SSSR count). The van der Waals surface area contributed by atoms with Crippen LogP contribution in [0.5, 0.6) is 0 Å². The molecule has 0 aliphatic rings. The van der Waals surface area contributed by atoms with E-state index in [4.69, 9.17) is 5.11 Å². The van der Waals surface area contributed by atoms with Crippen molar-refractivity contribution in [3.8, 4) is 0 Å². The van der Waals surface area contributed by atoms with Gasteiger partial charge in [-0.15, -0.1) is 0 Å². The molecule has 82 valence electrons. The molecule has 1 amide bonds. The van der Waals surface area contributed by atoms with E-state index >= 15 is 0 Å². The number of amides is 1. The molecule has 4 nitrogen and oxygen atoms in total. The van der Waals surface area contributed by atoms with E-state index in [2.05, 4.69) is 5.32 Å². The number of hydrogen-bond donors (Lipinski definition) is 2. The summed E-state index contributed by atoms with van der Waals surface area (Å²) in [5.41, 5.74) is 0. The molecule has 0 spiro atoms. The maximum Gasteiger partial charge on any atom is 0.303 e. The Morgan fingerprint density at radius 3 is 2.57 bits per heavy atom. The lowest BCUT2D eigenvalue weighted by Crippen LogP contribution is -2.34. The molecular weight excluding hydrogens is 202 g/mol. The summed E-state index contributed by atoms with van der Waals surface area (Å²) in [5, 5.41) is 11.2. The lowest BCUT2D eigenvalue weighted by atomic mass is 10.2. The van der Waals surface area contributed by atoms with E-state index in [9.17, 15) is 9.59 Å². The zero-order chi connectivity index (χ0) is 11.0. The van der Waals surface area contributed by atoms with Crippen molar-refractivity contribution in [3.63, 3.8) is 0 Å². The van der Waals surface area contributed by atoms with E-state index < -0.39 is 5.97 Å². The SMILES string of the molecule is CSCC(C)NC(=O)CCCC(=O)O. The number of carboxylic acids is 1. The van der Waals surface area contributed by atoms with Gasteiger partial charge in [-0.2, -0.15) is 11.8 Å². The third-order valence-electron chi connectivity index (χ3n) is 1.62. The second-order valence-corrected chi connectivity index (χ2v) is 4.08. The normalized spacial score (nSPS) is 12.1. The van der Waals surface area contributed by atoms with E-state index in [1.54, 1.807) is 11.8 Å². The van der Waals surface area contributed by atoms with Crippen LogP contribution in [-0.2, 0) is 9.59 Å². The van der Waals surface area contributed by atoms with Crippen LogP contribution in [0, 0.1) is 0 Å². The Hall–Kier alpha value is -0.710. The summed E-state index contributed by atoms with van der Waals surface area (Å²) in [5.74, 6) is -0.0345. The van der Waals surface area contributed by atoms with Gasteiger partial charge in [0.05, 0.1) is 0 Å². The highest BCUT2D eigenvalue weighted by Crippen LogP contribution is 1.99. The van der Waals surface area contributed by atoms with E-state index in [0.29, 0.717) is 12.8 Å². The van der Waals surface area contributed by atoms with Crippen molar-refractivity contribution >= 4 is 23.6 Å². The van der Waals surface area contributed by atoms with E-state index in [0.717, 1.165) is 5.75 Å². The van der Waals surface area contributed by atoms with E-state index in [1.807, 2.05) is 13.2 Å². The number of aliphatic carboxylic acids is 1. The number of carboxylic acid groups (broad SMARTS) is 1. The number of carbonyl (C=O) groups excluding carboxylic acids is 1. The highest BCUT2D eigenvalue weighted by molar-refractivity contribution is 7.98. The quantitative estimate of drug-likeness (QED) is 0.673. The van der Waals surface area contributed by atoms with Gasteiger partial charge in [-0.3, -0.25) is 9.59 Å². The maximum atomic E-state index is 11.2. The van der Waals surface area contributed by atoms with Crippen LogP contribution in [0.4, 0.5) is 0 Å². The van der Waals surface area contributed by atoms with Crippen LogP contribution in [-0.4, -0.2) is 35.0 Å². The van der Waals surface area contributed by atoms with Crippen LogP contribution >= 0.6 is 11.8 Å². The molecule has 0 aliphatic heterocycles. The fourth-order valence-corrected chi connectivity index (χ4v) is 1.62. The Balaban J connectivity index is 3.50. The van der Waals surface area contributed by atoms with Gasteiger partial charge in [-0.05, 0) is 19.6 Å². The number of carbonyl (C=O) groups is 2. The first-order valence-electron chi connectivity index (χ1n) is 4.56. The number of rotatable bonds is 7. The van der Waals surface area contributed by atoms with Crippen molar-refractivity contribution in [2.45, 2.75) is 32.2 Å². The fraction of sp³-hybridized carbons (Fsp3) is 0.778.